The second-order valence-corrected chi connectivity index (χ2v) is 3.77. The fraction of sp³-hybridized carbons (Fsp3) is 0.600. The molecule has 94 valence electrons. The van der Waals surface area contributed by atoms with Gasteiger partial charge in [0.1, 0.15) is 5.69 Å². The molecular weight excluding hydrogens is 224 g/mol. The van der Waals surface area contributed by atoms with E-state index in [1.165, 1.54) is 4.68 Å². The Labute approximate surface area is 99.0 Å². The number of rotatable bonds is 5. The largest absolute Gasteiger partial charge is 0.350 e. The van der Waals surface area contributed by atoms with E-state index in [9.17, 15) is 14.9 Å². The molecule has 1 rings (SSSR count). The van der Waals surface area contributed by atoms with Crippen molar-refractivity contribution < 1.29 is 9.72 Å². The summed E-state index contributed by atoms with van der Waals surface area (Å²) < 4.78 is 1.34. The molecule has 0 bridgehead atoms. The molecule has 0 radical (unpaired) electrons. The number of nitro groups is 1. The smallest absolute Gasteiger partial charge is 0.322 e. The number of aryl methyl sites for hydroxylation is 1. The predicted molar refractivity (Wildman–Crippen MR) is 61.8 cm³/mol. The van der Waals surface area contributed by atoms with E-state index in [1.54, 1.807) is 14.0 Å². The van der Waals surface area contributed by atoms with Crippen LogP contribution in [0.2, 0.25) is 0 Å². The second-order valence-electron chi connectivity index (χ2n) is 3.77. The number of carbonyl (C=O) groups is 1. The number of aromatic nitrogens is 2. The van der Waals surface area contributed by atoms with Crippen molar-refractivity contribution in [2.24, 2.45) is 7.05 Å². The zero-order valence-electron chi connectivity index (χ0n) is 10.2. The fourth-order valence-electron chi connectivity index (χ4n) is 1.43. The van der Waals surface area contributed by atoms with Crippen LogP contribution in [0.4, 0.5) is 5.69 Å². The third-order valence-electron chi connectivity index (χ3n) is 2.52. The summed E-state index contributed by atoms with van der Waals surface area (Å²) in [5.74, 6) is -0.492. The Kier molecular flexibility index (Phi) is 4.19. The van der Waals surface area contributed by atoms with Gasteiger partial charge in [0.2, 0.25) is 5.69 Å². The summed E-state index contributed by atoms with van der Waals surface area (Å²) in [5, 5.41) is 17.4. The molecule has 0 fully saturated rings. The van der Waals surface area contributed by atoms with E-state index in [2.05, 4.69) is 10.4 Å². The van der Waals surface area contributed by atoms with Crippen LogP contribution in [0.15, 0.2) is 0 Å². The third kappa shape index (κ3) is 2.80. The van der Waals surface area contributed by atoms with Gasteiger partial charge in [-0.25, -0.2) is 0 Å². The first-order valence-electron chi connectivity index (χ1n) is 5.45. The van der Waals surface area contributed by atoms with E-state index in [4.69, 9.17) is 0 Å². The monoisotopic (exact) mass is 240 g/mol. The number of unbranched alkanes of at least 4 members (excludes halogenated alkanes) is 1. The maximum atomic E-state index is 11.7. The molecule has 1 amide bonds. The lowest BCUT2D eigenvalue weighted by Crippen LogP contribution is -2.25. The van der Waals surface area contributed by atoms with Gasteiger partial charge in [-0.15, -0.1) is 0 Å². The molecule has 0 saturated carbocycles. The number of hydrogen-bond donors (Lipinski definition) is 1. The van der Waals surface area contributed by atoms with Crippen molar-refractivity contribution in [3.05, 3.63) is 21.5 Å². The lowest BCUT2D eigenvalue weighted by Gasteiger charge is -2.00. The molecule has 0 unspecified atom stereocenters. The topological polar surface area (TPSA) is 90.1 Å². The summed E-state index contributed by atoms with van der Waals surface area (Å²) in [5.41, 5.74) is 0.0308. The molecule has 0 atom stereocenters. The van der Waals surface area contributed by atoms with E-state index in [-0.39, 0.29) is 11.4 Å². The number of nitrogens with one attached hydrogen (secondary N) is 1. The minimum absolute atomic E-state index is 0.119. The van der Waals surface area contributed by atoms with Gasteiger partial charge in [-0.05, 0) is 13.3 Å². The molecule has 0 saturated heterocycles. The van der Waals surface area contributed by atoms with Crippen LogP contribution in [0.3, 0.4) is 0 Å². The maximum absolute atomic E-state index is 11.7. The van der Waals surface area contributed by atoms with Gasteiger partial charge in [0.05, 0.1) is 4.92 Å². The summed E-state index contributed by atoms with van der Waals surface area (Å²) >= 11 is 0. The zero-order chi connectivity index (χ0) is 13.0. The Bertz CT molecular complexity index is 439. The highest BCUT2D eigenvalue weighted by molar-refractivity contribution is 5.96. The normalized spacial score (nSPS) is 10.3. The highest BCUT2D eigenvalue weighted by Crippen LogP contribution is 2.21. The van der Waals surface area contributed by atoms with E-state index in [1.807, 2.05) is 6.92 Å². The molecule has 0 aromatic carbocycles. The minimum Gasteiger partial charge on any atom is -0.350 e. The molecule has 7 nitrogen and oxygen atoms in total. The molecule has 0 aliphatic carbocycles. The van der Waals surface area contributed by atoms with Crippen LogP contribution >= 0.6 is 0 Å². The number of nitrogens with zero attached hydrogens (tertiary/aromatic N) is 3. The molecule has 1 N–H and O–H groups in total. The Balaban J connectivity index is 2.93. The molecular formula is C10H16N4O3. The average molecular weight is 240 g/mol. The van der Waals surface area contributed by atoms with E-state index in [0.29, 0.717) is 12.2 Å². The molecule has 0 aliphatic heterocycles. The lowest BCUT2D eigenvalue weighted by atomic mass is 10.3. The molecule has 1 aromatic heterocycles. The quantitative estimate of drug-likeness (QED) is 0.475. The molecule has 7 heteroatoms. The highest BCUT2D eigenvalue weighted by atomic mass is 16.6. The summed E-state index contributed by atoms with van der Waals surface area (Å²) in [6.45, 7) is 4.07. The average Bonchev–Trinajstić information content (AvgIpc) is 2.56. The predicted octanol–water partition coefficient (Wildman–Crippen LogP) is 1.17. The first-order valence-corrected chi connectivity index (χ1v) is 5.45. The fourth-order valence-corrected chi connectivity index (χ4v) is 1.43. The van der Waals surface area contributed by atoms with Crippen LogP contribution in [0.5, 0.6) is 0 Å². The summed E-state index contributed by atoms with van der Waals surface area (Å²) in [4.78, 5) is 22.0. The first-order chi connectivity index (χ1) is 7.99. The standard InChI is InChI=1S/C10H16N4O3/c1-4-5-6-11-10(15)8-9(14(16)17)7(2)13(3)12-8/h4-6H2,1-3H3,(H,11,15). The van der Waals surface area contributed by atoms with Gasteiger partial charge in [0.15, 0.2) is 0 Å². The SMILES string of the molecule is CCCCNC(=O)c1nn(C)c(C)c1[N+](=O)[O-]. The van der Waals surface area contributed by atoms with Gasteiger partial charge in [-0.2, -0.15) is 5.10 Å². The van der Waals surface area contributed by atoms with E-state index >= 15 is 0 Å². The highest BCUT2D eigenvalue weighted by Gasteiger charge is 2.28. The molecule has 0 spiro atoms. The second kappa shape index (κ2) is 5.42. The number of amides is 1. The molecule has 1 heterocycles. The summed E-state index contributed by atoms with van der Waals surface area (Å²) in [6, 6.07) is 0. The Morgan fingerprint density at radius 1 is 1.59 bits per heavy atom. The lowest BCUT2D eigenvalue weighted by molar-refractivity contribution is -0.385. The summed E-state index contributed by atoms with van der Waals surface area (Å²) in [7, 11) is 1.57. The van der Waals surface area contributed by atoms with Crippen LogP contribution in [-0.4, -0.2) is 27.2 Å². The van der Waals surface area contributed by atoms with Crippen LogP contribution < -0.4 is 5.32 Å². The van der Waals surface area contributed by atoms with Crippen molar-refractivity contribution in [2.75, 3.05) is 6.54 Å². The van der Waals surface area contributed by atoms with Crippen molar-refractivity contribution in [3.63, 3.8) is 0 Å². The van der Waals surface area contributed by atoms with Crippen LogP contribution in [0.25, 0.3) is 0 Å². The Hall–Kier alpha value is -1.92. The van der Waals surface area contributed by atoms with Crippen molar-refractivity contribution in [1.29, 1.82) is 0 Å². The number of hydrogen-bond acceptors (Lipinski definition) is 4. The van der Waals surface area contributed by atoms with E-state index in [0.717, 1.165) is 12.8 Å². The van der Waals surface area contributed by atoms with Gasteiger partial charge in [0.25, 0.3) is 5.91 Å². The Morgan fingerprint density at radius 3 is 2.76 bits per heavy atom. The van der Waals surface area contributed by atoms with Gasteiger partial charge in [-0.3, -0.25) is 19.6 Å². The van der Waals surface area contributed by atoms with Crippen LogP contribution in [0.1, 0.15) is 35.9 Å². The van der Waals surface area contributed by atoms with Gasteiger partial charge in [0, 0.05) is 13.6 Å². The minimum atomic E-state index is -0.572. The molecule has 17 heavy (non-hydrogen) atoms. The van der Waals surface area contributed by atoms with Crippen molar-refractivity contribution in [3.8, 4) is 0 Å². The van der Waals surface area contributed by atoms with E-state index < -0.39 is 10.8 Å². The van der Waals surface area contributed by atoms with Gasteiger partial charge in [-0.1, -0.05) is 13.3 Å². The zero-order valence-corrected chi connectivity index (χ0v) is 10.2. The van der Waals surface area contributed by atoms with Crippen molar-refractivity contribution in [2.45, 2.75) is 26.7 Å². The molecule has 1 aromatic rings. The number of carbonyl (C=O) groups excluding carboxylic acids is 1. The third-order valence-corrected chi connectivity index (χ3v) is 2.52. The Morgan fingerprint density at radius 2 is 2.24 bits per heavy atom. The first kappa shape index (κ1) is 13.1. The van der Waals surface area contributed by atoms with Crippen LogP contribution in [-0.2, 0) is 7.05 Å². The van der Waals surface area contributed by atoms with Gasteiger partial charge < -0.3 is 5.32 Å². The molecule has 0 aliphatic rings. The van der Waals surface area contributed by atoms with Crippen LogP contribution in [0, 0.1) is 17.0 Å². The van der Waals surface area contributed by atoms with Gasteiger partial charge >= 0.3 is 5.69 Å². The summed E-state index contributed by atoms with van der Waals surface area (Å²) in [6.07, 6.45) is 1.79. The maximum Gasteiger partial charge on any atom is 0.322 e. The van der Waals surface area contributed by atoms with Crippen molar-refractivity contribution >= 4 is 11.6 Å². The van der Waals surface area contributed by atoms with Crippen molar-refractivity contribution in [1.82, 2.24) is 15.1 Å².